The van der Waals surface area contributed by atoms with Crippen LogP contribution in [0.25, 0.3) is 6.08 Å². The van der Waals surface area contributed by atoms with E-state index in [1.807, 2.05) is 26.8 Å². The summed E-state index contributed by atoms with van der Waals surface area (Å²) in [6.45, 7) is 8.10. The fourth-order valence-corrected chi connectivity index (χ4v) is 6.80. The molecule has 2 aliphatic rings. The number of piperidine rings is 1. The number of benzene rings is 2. The Kier molecular flexibility index (Phi) is 9.93. The first-order valence-corrected chi connectivity index (χ1v) is 16.1. The molecule has 2 aromatic rings. The predicted octanol–water partition coefficient (Wildman–Crippen LogP) is 5.33. The summed E-state index contributed by atoms with van der Waals surface area (Å²) in [6.07, 6.45) is 4.42. The molecule has 12 heteroatoms. The van der Waals surface area contributed by atoms with E-state index >= 15 is 0 Å². The number of likely N-dealkylation sites (tertiary alicyclic amines) is 1. The molecule has 1 amide bonds. The van der Waals surface area contributed by atoms with Gasteiger partial charge < -0.3 is 19.1 Å². The van der Waals surface area contributed by atoms with Gasteiger partial charge in [-0.15, -0.1) is 0 Å². The van der Waals surface area contributed by atoms with Crippen molar-refractivity contribution in [1.82, 2.24) is 4.90 Å². The van der Waals surface area contributed by atoms with E-state index in [0.717, 1.165) is 5.56 Å². The smallest absolute Gasteiger partial charge is 0.410 e. The van der Waals surface area contributed by atoms with Gasteiger partial charge in [-0.1, -0.05) is 35.9 Å². The average molecular weight is 630 g/mol. The minimum Gasteiger partial charge on any atom is -0.489 e. The third-order valence-corrected chi connectivity index (χ3v) is 8.88. The second-order valence-corrected chi connectivity index (χ2v) is 13.7. The zero-order valence-corrected chi connectivity index (χ0v) is 26.3. The van der Waals surface area contributed by atoms with Gasteiger partial charge in [-0.05, 0) is 69.5 Å². The highest BCUT2D eigenvalue weighted by Gasteiger charge is 2.39. The van der Waals surface area contributed by atoms with Crippen molar-refractivity contribution in [3.8, 4) is 11.8 Å². The largest absolute Gasteiger partial charge is 0.489 e. The van der Waals surface area contributed by atoms with Gasteiger partial charge in [0.1, 0.15) is 17.5 Å². The van der Waals surface area contributed by atoms with E-state index in [1.54, 1.807) is 54.3 Å². The number of nitrogens with zero attached hydrogens (tertiary/aromatic N) is 3. The fraction of sp³-hybridized carbons (Fsp3) is 0.452. The number of ether oxygens (including phenoxy) is 3. The van der Waals surface area contributed by atoms with E-state index in [1.165, 1.54) is 4.31 Å². The Bertz CT molecular complexity index is 1540. The Hall–Kier alpha value is -3.75. The molecule has 4 rings (SSSR count). The van der Waals surface area contributed by atoms with Crippen LogP contribution in [-0.4, -0.2) is 68.6 Å². The average Bonchev–Trinajstić information content (AvgIpc) is 3.29. The van der Waals surface area contributed by atoms with E-state index in [0.29, 0.717) is 54.9 Å². The van der Waals surface area contributed by atoms with Crippen LogP contribution >= 0.6 is 11.6 Å². The molecule has 1 fully saturated rings. The molecule has 10 nitrogen and oxygen atoms in total. The highest BCUT2D eigenvalue weighted by molar-refractivity contribution is 7.93. The Labute approximate surface area is 257 Å². The van der Waals surface area contributed by atoms with Crippen molar-refractivity contribution in [1.29, 1.82) is 5.26 Å². The number of hydrogen-bond acceptors (Lipinski definition) is 8. The van der Waals surface area contributed by atoms with Crippen LogP contribution in [0.2, 0.25) is 5.02 Å². The molecular weight excluding hydrogens is 594 g/mol. The number of hydrogen-bond donors (Lipinski definition) is 0. The van der Waals surface area contributed by atoms with E-state index in [-0.39, 0.29) is 23.8 Å². The number of anilines is 1. The number of esters is 1. The minimum atomic E-state index is -4.14. The third-order valence-electron chi connectivity index (χ3n) is 6.92. The van der Waals surface area contributed by atoms with Gasteiger partial charge in [-0.25, -0.2) is 13.2 Å². The summed E-state index contributed by atoms with van der Waals surface area (Å²) in [5.74, 6) is -1.24. The molecule has 230 valence electrons. The van der Waals surface area contributed by atoms with E-state index in [2.05, 4.69) is 6.07 Å². The summed E-state index contributed by atoms with van der Waals surface area (Å²) in [4.78, 5) is 26.3. The van der Waals surface area contributed by atoms with Crippen LogP contribution in [0.1, 0.15) is 57.2 Å². The SMILES string of the molecule is CCOC(=O)CS(=O)(=O)N1c2cc(Cl)c(OC3CCN(C(=O)OC(C)(C)C)CC3)cc2CC1/C=C/c1cccc(C#N)c1. The van der Waals surface area contributed by atoms with Gasteiger partial charge in [-0.2, -0.15) is 5.26 Å². The summed E-state index contributed by atoms with van der Waals surface area (Å²) < 4.78 is 44.9. The van der Waals surface area contributed by atoms with Crippen LogP contribution in [0.15, 0.2) is 42.5 Å². The summed E-state index contributed by atoms with van der Waals surface area (Å²) in [5.41, 5.74) is 1.69. The summed E-state index contributed by atoms with van der Waals surface area (Å²) in [7, 11) is -4.14. The van der Waals surface area contributed by atoms with Crippen molar-refractivity contribution in [3.63, 3.8) is 0 Å². The first-order chi connectivity index (χ1) is 20.3. The van der Waals surface area contributed by atoms with Crippen molar-refractivity contribution in [2.45, 2.75) is 64.7 Å². The van der Waals surface area contributed by atoms with Crippen LogP contribution in [0, 0.1) is 11.3 Å². The van der Waals surface area contributed by atoms with Crippen LogP contribution in [0.5, 0.6) is 5.75 Å². The van der Waals surface area contributed by atoms with Gasteiger partial charge in [0.25, 0.3) is 0 Å². The van der Waals surface area contributed by atoms with Gasteiger partial charge in [0.05, 0.1) is 35.0 Å². The zero-order chi connectivity index (χ0) is 31.4. The molecule has 0 saturated carbocycles. The van der Waals surface area contributed by atoms with Crippen molar-refractivity contribution >= 4 is 45.5 Å². The van der Waals surface area contributed by atoms with E-state index < -0.39 is 33.4 Å². The van der Waals surface area contributed by atoms with Crippen molar-refractivity contribution in [2.75, 3.05) is 29.8 Å². The second-order valence-electron chi connectivity index (χ2n) is 11.4. The molecule has 0 spiro atoms. The molecule has 0 radical (unpaired) electrons. The normalized spacial score (nSPS) is 17.4. The Balaban J connectivity index is 1.56. The lowest BCUT2D eigenvalue weighted by Crippen LogP contribution is -2.44. The zero-order valence-electron chi connectivity index (χ0n) is 24.7. The molecular formula is C31H36ClN3O7S. The molecule has 0 aliphatic carbocycles. The number of amides is 1. The third kappa shape index (κ3) is 8.21. The first kappa shape index (κ1) is 32.2. The lowest BCUT2D eigenvalue weighted by atomic mass is 10.1. The van der Waals surface area contributed by atoms with Gasteiger partial charge >= 0.3 is 12.1 Å². The number of rotatable bonds is 8. The first-order valence-electron chi connectivity index (χ1n) is 14.1. The number of fused-ring (bicyclic) bond motifs is 1. The van der Waals surface area contributed by atoms with Gasteiger partial charge in [0.2, 0.25) is 10.0 Å². The maximum absolute atomic E-state index is 13.5. The summed E-state index contributed by atoms with van der Waals surface area (Å²) in [5, 5.41) is 9.46. The topological polar surface area (TPSA) is 126 Å². The van der Waals surface area contributed by atoms with Crippen LogP contribution < -0.4 is 9.04 Å². The minimum absolute atomic E-state index is 0.0622. The van der Waals surface area contributed by atoms with Crippen LogP contribution in [0.3, 0.4) is 0 Å². The summed E-state index contributed by atoms with van der Waals surface area (Å²) in [6, 6.07) is 11.7. The van der Waals surface area contributed by atoms with Crippen LogP contribution in [-0.2, 0) is 30.7 Å². The number of nitriles is 1. The lowest BCUT2D eigenvalue weighted by Gasteiger charge is -2.33. The standard InChI is InChI=1S/C31H36ClN3O7S/c1-5-40-29(36)20-43(38,39)35-24(10-9-21-7-6-8-22(15-21)19-33)16-23-17-28(26(32)18-27(23)35)41-25-11-13-34(14-12-25)30(37)42-31(2,3)4/h6-10,15,17-18,24-25H,5,11-14,16,20H2,1-4H3/b10-9+. The van der Waals surface area contributed by atoms with Crippen molar-refractivity contribution < 1.29 is 32.2 Å². The maximum Gasteiger partial charge on any atom is 0.410 e. The van der Waals surface area contributed by atoms with Crippen molar-refractivity contribution in [2.24, 2.45) is 0 Å². The van der Waals surface area contributed by atoms with Crippen LogP contribution in [0.4, 0.5) is 10.5 Å². The Morgan fingerprint density at radius 2 is 1.88 bits per heavy atom. The quantitative estimate of drug-likeness (QED) is 0.359. The molecule has 43 heavy (non-hydrogen) atoms. The molecule has 0 bridgehead atoms. The lowest BCUT2D eigenvalue weighted by molar-refractivity contribution is -0.139. The number of halogens is 1. The number of sulfonamides is 1. The molecule has 2 aromatic carbocycles. The van der Waals surface area contributed by atoms with E-state index in [4.69, 9.17) is 25.8 Å². The highest BCUT2D eigenvalue weighted by Crippen LogP contribution is 2.42. The monoisotopic (exact) mass is 629 g/mol. The molecule has 1 atom stereocenters. The number of carbonyl (C=O) groups is 2. The highest BCUT2D eigenvalue weighted by atomic mass is 35.5. The van der Waals surface area contributed by atoms with Gasteiger partial charge in [0, 0.05) is 25.9 Å². The molecule has 2 heterocycles. The van der Waals surface area contributed by atoms with Gasteiger partial charge in [0.15, 0.2) is 5.75 Å². The van der Waals surface area contributed by atoms with Gasteiger partial charge in [-0.3, -0.25) is 9.10 Å². The molecule has 0 aromatic heterocycles. The maximum atomic E-state index is 13.5. The predicted molar refractivity (Wildman–Crippen MR) is 163 cm³/mol. The second kappa shape index (κ2) is 13.3. The molecule has 2 aliphatic heterocycles. The fourth-order valence-electron chi connectivity index (χ4n) is 5.05. The van der Waals surface area contributed by atoms with Crippen molar-refractivity contribution in [3.05, 3.63) is 64.2 Å². The summed E-state index contributed by atoms with van der Waals surface area (Å²) >= 11 is 6.63. The Morgan fingerprint density at radius 1 is 1.16 bits per heavy atom. The molecule has 1 saturated heterocycles. The van der Waals surface area contributed by atoms with E-state index in [9.17, 15) is 23.3 Å². The Morgan fingerprint density at radius 3 is 2.53 bits per heavy atom. The molecule has 1 unspecified atom stereocenters. The molecule has 0 N–H and O–H groups in total. The number of carbonyl (C=O) groups excluding carboxylic acids is 2.